The van der Waals surface area contributed by atoms with E-state index >= 15 is 0 Å². The maximum absolute atomic E-state index is 13.6. The van der Waals surface area contributed by atoms with E-state index in [2.05, 4.69) is 39.7 Å². The molecule has 27 heavy (non-hydrogen) atoms. The molecule has 2 heterocycles. The molecule has 0 spiro atoms. The van der Waals surface area contributed by atoms with Crippen LogP contribution in [0.2, 0.25) is 0 Å². The number of nitrogens with zero attached hydrogens (tertiary/aromatic N) is 4. The van der Waals surface area contributed by atoms with E-state index in [-0.39, 0.29) is 5.75 Å². The highest BCUT2D eigenvalue weighted by atomic mass is 19.1. The average Bonchev–Trinajstić information content (AvgIpc) is 3.07. The molecule has 6 nitrogen and oxygen atoms in total. The third-order valence-electron chi connectivity index (χ3n) is 4.31. The van der Waals surface area contributed by atoms with Gasteiger partial charge in [0.25, 0.3) is 0 Å². The minimum Gasteiger partial charge on any atom is -0.505 e. The van der Waals surface area contributed by atoms with Gasteiger partial charge in [0, 0.05) is 12.1 Å². The molecule has 0 radical (unpaired) electrons. The van der Waals surface area contributed by atoms with E-state index in [1.165, 1.54) is 17.7 Å². The summed E-state index contributed by atoms with van der Waals surface area (Å²) < 4.78 is 15.2. The number of fused-ring (bicyclic) bond motifs is 1. The Labute approximate surface area is 155 Å². The first-order valence-corrected chi connectivity index (χ1v) is 8.67. The van der Waals surface area contributed by atoms with Crippen molar-refractivity contribution < 1.29 is 9.50 Å². The van der Waals surface area contributed by atoms with E-state index in [1.54, 1.807) is 10.6 Å². The molecule has 0 amide bonds. The molecule has 0 aliphatic heterocycles. The average molecular weight is 363 g/mol. The molecular weight excluding hydrogens is 345 g/mol. The number of phenolic OH excluding ortho intramolecular Hbond substituents is 1. The standard InChI is InChI=1S/C20H18FN5O/c1-2-13-4-3-5-15(10-13)22-18-8-9-19-23-24-20(26(19)25-18)12-14-6-7-17(27)16(21)11-14/h3-11,27H,2,12H2,1H3,(H,22,25). The number of aromatic nitrogens is 4. The van der Waals surface area contributed by atoms with Crippen molar-refractivity contribution in [3.05, 3.63) is 77.4 Å². The maximum Gasteiger partial charge on any atom is 0.178 e. The van der Waals surface area contributed by atoms with Gasteiger partial charge in [0.1, 0.15) is 0 Å². The molecule has 136 valence electrons. The van der Waals surface area contributed by atoms with Crippen LogP contribution in [0.5, 0.6) is 5.75 Å². The maximum atomic E-state index is 13.6. The minimum atomic E-state index is -0.660. The third-order valence-corrected chi connectivity index (χ3v) is 4.31. The molecule has 0 aliphatic rings. The number of rotatable bonds is 5. The molecule has 0 bridgehead atoms. The summed E-state index contributed by atoms with van der Waals surface area (Å²) >= 11 is 0. The second-order valence-corrected chi connectivity index (χ2v) is 6.25. The number of hydrogen-bond donors (Lipinski definition) is 2. The number of aromatic hydroxyl groups is 1. The van der Waals surface area contributed by atoms with Crippen molar-refractivity contribution in [3.8, 4) is 5.75 Å². The van der Waals surface area contributed by atoms with E-state index in [9.17, 15) is 9.50 Å². The second-order valence-electron chi connectivity index (χ2n) is 6.25. The number of nitrogens with one attached hydrogen (secondary N) is 1. The molecular formula is C20H18FN5O. The number of hydrogen-bond acceptors (Lipinski definition) is 5. The highest BCUT2D eigenvalue weighted by Crippen LogP contribution is 2.20. The molecule has 2 N–H and O–H groups in total. The number of phenols is 1. The SMILES string of the molecule is CCc1cccc(Nc2ccc3nnc(Cc4ccc(O)c(F)c4)n3n2)c1. The predicted molar refractivity (Wildman–Crippen MR) is 101 cm³/mol. The molecule has 7 heteroatoms. The van der Waals surface area contributed by atoms with Gasteiger partial charge >= 0.3 is 0 Å². The fourth-order valence-electron chi connectivity index (χ4n) is 2.87. The molecule has 2 aromatic heterocycles. The fourth-order valence-corrected chi connectivity index (χ4v) is 2.87. The Kier molecular flexibility index (Phi) is 4.42. The van der Waals surface area contributed by atoms with E-state index < -0.39 is 5.82 Å². The number of halogens is 1. The van der Waals surface area contributed by atoms with Gasteiger partial charge in [-0.15, -0.1) is 15.3 Å². The van der Waals surface area contributed by atoms with Crippen molar-refractivity contribution >= 4 is 17.2 Å². The molecule has 0 saturated carbocycles. The first-order chi connectivity index (χ1) is 13.1. The van der Waals surface area contributed by atoms with Crippen molar-refractivity contribution in [1.29, 1.82) is 0 Å². The Morgan fingerprint density at radius 2 is 1.93 bits per heavy atom. The summed E-state index contributed by atoms with van der Waals surface area (Å²) in [6, 6.07) is 16.1. The molecule has 2 aromatic carbocycles. The van der Waals surface area contributed by atoms with E-state index in [1.807, 2.05) is 24.3 Å². The zero-order valence-corrected chi connectivity index (χ0v) is 14.7. The third kappa shape index (κ3) is 3.57. The second kappa shape index (κ2) is 7.03. The van der Waals surface area contributed by atoms with Crippen molar-refractivity contribution in [3.63, 3.8) is 0 Å². The van der Waals surface area contributed by atoms with E-state index in [0.29, 0.717) is 29.3 Å². The van der Waals surface area contributed by atoms with E-state index in [0.717, 1.165) is 12.1 Å². The lowest BCUT2D eigenvalue weighted by atomic mass is 10.1. The van der Waals surface area contributed by atoms with Crippen LogP contribution in [-0.2, 0) is 12.8 Å². The monoisotopic (exact) mass is 363 g/mol. The van der Waals surface area contributed by atoms with Gasteiger partial charge in [0.2, 0.25) is 0 Å². The fraction of sp³-hybridized carbons (Fsp3) is 0.150. The molecule has 4 rings (SSSR count). The van der Waals surface area contributed by atoms with Crippen LogP contribution in [0, 0.1) is 5.82 Å². The zero-order valence-electron chi connectivity index (χ0n) is 14.7. The van der Waals surface area contributed by atoms with Crippen molar-refractivity contribution in [2.24, 2.45) is 0 Å². The topological polar surface area (TPSA) is 75.3 Å². The summed E-state index contributed by atoms with van der Waals surface area (Å²) in [6.07, 6.45) is 1.31. The van der Waals surface area contributed by atoms with E-state index in [4.69, 9.17) is 0 Å². The van der Waals surface area contributed by atoms with Gasteiger partial charge in [-0.05, 0) is 53.9 Å². The van der Waals surface area contributed by atoms with Crippen molar-refractivity contribution in [1.82, 2.24) is 19.8 Å². The summed E-state index contributed by atoms with van der Waals surface area (Å²) in [5.74, 6) is 0.214. The van der Waals surface area contributed by atoms with Gasteiger partial charge in [-0.2, -0.15) is 4.52 Å². The quantitative estimate of drug-likeness (QED) is 0.563. The summed E-state index contributed by atoms with van der Waals surface area (Å²) in [7, 11) is 0. The highest BCUT2D eigenvalue weighted by molar-refractivity contribution is 5.58. The van der Waals surface area contributed by atoms with Crippen LogP contribution in [0.1, 0.15) is 23.9 Å². The Hall–Kier alpha value is -3.48. The van der Waals surface area contributed by atoms with Crippen molar-refractivity contribution in [2.45, 2.75) is 19.8 Å². The lowest BCUT2D eigenvalue weighted by Gasteiger charge is -2.08. The van der Waals surface area contributed by atoms with Crippen LogP contribution in [0.15, 0.2) is 54.6 Å². The lowest BCUT2D eigenvalue weighted by molar-refractivity contribution is 0.432. The normalized spacial score (nSPS) is 11.0. The summed E-state index contributed by atoms with van der Waals surface area (Å²) in [5.41, 5.74) is 3.48. The lowest BCUT2D eigenvalue weighted by Crippen LogP contribution is -2.03. The van der Waals surface area contributed by atoms with Gasteiger partial charge in [-0.3, -0.25) is 0 Å². The molecule has 0 fully saturated rings. The smallest absolute Gasteiger partial charge is 0.178 e. The van der Waals surface area contributed by atoms with Gasteiger partial charge in [-0.1, -0.05) is 25.1 Å². The molecule has 4 aromatic rings. The van der Waals surface area contributed by atoms with Crippen LogP contribution in [0.4, 0.5) is 15.9 Å². The van der Waals surface area contributed by atoms with Crippen LogP contribution in [0.25, 0.3) is 5.65 Å². The largest absolute Gasteiger partial charge is 0.505 e. The summed E-state index contributed by atoms with van der Waals surface area (Å²) in [5, 5.41) is 25.4. The van der Waals surface area contributed by atoms with Gasteiger partial charge in [0.05, 0.1) is 0 Å². The van der Waals surface area contributed by atoms with Crippen LogP contribution in [-0.4, -0.2) is 24.9 Å². The van der Waals surface area contributed by atoms with Gasteiger partial charge in [0.15, 0.2) is 28.9 Å². The Morgan fingerprint density at radius 3 is 2.74 bits per heavy atom. The first kappa shape index (κ1) is 17.0. The first-order valence-electron chi connectivity index (χ1n) is 8.67. The summed E-state index contributed by atoms with van der Waals surface area (Å²) in [6.45, 7) is 2.11. The van der Waals surface area contributed by atoms with Gasteiger partial charge in [-0.25, -0.2) is 4.39 Å². The van der Waals surface area contributed by atoms with Crippen LogP contribution >= 0.6 is 0 Å². The van der Waals surface area contributed by atoms with Crippen LogP contribution in [0.3, 0.4) is 0 Å². The number of aryl methyl sites for hydroxylation is 1. The molecule has 0 aliphatic carbocycles. The predicted octanol–water partition coefficient (Wildman–Crippen LogP) is 3.87. The van der Waals surface area contributed by atoms with Gasteiger partial charge < -0.3 is 10.4 Å². The molecule has 0 atom stereocenters. The molecule has 0 saturated heterocycles. The minimum absolute atomic E-state index is 0.347. The Balaban J connectivity index is 1.63. The van der Waals surface area contributed by atoms with Crippen LogP contribution < -0.4 is 5.32 Å². The van der Waals surface area contributed by atoms with Crippen molar-refractivity contribution in [2.75, 3.05) is 5.32 Å². The Morgan fingerprint density at radius 1 is 1.04 bits per heavy atom. The highest BCUT2D eigenvalue weighted by Gasteiger charge is 2.10. The number of anilines is 2. The summed E-state index contributed by atoms with van der Waals surface area (Å²) in [4.78, 5) is 0. The zero-order chi connectivity index (χ0) is 18.8. The Bertz CT molecular complexity index is 1110. The molecule has 0 unspecified atom stereocenters. The number of benzene rings is 2.